The molecule has 2 aromatic carbocycles. The van der Waals surface area contributed by atoms with Crippen LogP contribution in [-0.4, -0.2) is 87.0 Å². The zero-order chi connectivity index (χ0) is 27.1. The first-order valence-electron chi connectivity index (χ1n) is 13.0. The zero-order valence-electron chi connectivity index (χ0n) is 22.9. The number of benzene rings is 2. The third-order valence-electron chi connectivity index (χ3n) is 6.69. The molecule has 1 fully saturated rings. The smallest absolute Gasteiger partial charge is 0.124 e. The highest BCUT2D eigenvalue weighted by atomic mass is 16.5. The number of methoxy groups -OCH3 is 2. The van der Waals surface area contributed by atoms with Crippen LogP contribution in [0, 0.1) is 5.41 Å². The topological polar surface area (TPSA) is 96.2 Å². The van der Waals surface area contributed by atoms with E-state index in [-0.39, 0.29) is 18.1 Å². The lowest BCUT2D eigenvalue weighted by Crippen LogP contribution is -2.46. The van der Waals surface area contributed by atoms with Gasteiger partial charge < -0.3 is 24.5 Å². The highest BCUT2D eigenvalue weighted by Gasteiger charge is 2.22. The van der Waals surface area contributed by atoms with E-state index < -0.39 is 0 Å². The van der Waals surface area contributed by atoms with Crippen LogP contribution in [0.1, 0.15) is 31.9 Å². The summed E-state index contributed by atoms with van der Waals surface area (Å²) in [6, 6.07) is 12.0. The Hall–Kier alpha value is -3.56. The van der Waals surface area contributed by atoms with Gasteiger partial charge in [-0.05, 0) is 38.5 Å². The lowest BCUT2D eigenvalue weighted by molar-refractivity contribution is -0.0679. The molecule has 0 spiro atoms. The van der Waals surface area contributed by atoms with Gasteiger partial charge in [0.05, 0.1) is 55.3 Å². The van der Waals surface area contributed by atoms with Crippen molar-refractivity contribution in [3.63, 3.8) is 0 Å². The summed E-state index contributed by atoms with van der Waals surface area (Å²) in [4.78, 5) is 18.3. The van der Waals surface area contributed by atoms with Crippen LogP contribution in [0.25, 0.3) is 11.0 Å². The van der Waals surface area contributed by atoms with Gasteiger partial charge in [0.1, 0.15) is 11.5 Å². The summed E-state index contributed by atoms with van der Waals surface area (Å²) in [6.07, 6.45) is 6.20. The number of aliphatic imine (C=N–C) groups is 1. The maximum Gasteiger partial charge on any atom is 0.124 e. The molecule has 0 radical (unpaired) electrons. The van der Waals surface area contributed by atoms with E-state index >= 15 is 0 Å². The minimum atomic E-state index is -0.308. The summed E-state index contributed by atoms with van der Waals surface area (Å²) < 4.78 is 17.0. The molecular formula is C29H38N6O3. The maximum atomic E-state index is 7.77. The molecule has 0 aliphatic carbocycles. The predicted octanol–water partition coefficient (Wildman–Crippen LogP) is 4.72. The number of hydrogen-bond acceptors (Lipinski definition) is 9. The molecule has 38 heavy (non-hydrogen) atoms. The van der Waals surface area contributed by atoms with Crippen LogP contribution in [0.15, 0.2) is 47.6 Å². The largest absolute Gasteiger partial charge is 0.497 e. The van der Waals surface area contributed by atoms with Crippen molar-refractivity contribution in [2.45, 2.75) is 38.4 Å². The third kappa shape index (κ3) is 6.65. The molecule has 3 aromatic rings. The lowest BCUT2D eigenvalue weighted by atomic mass is 10.1. The average molecular weight is 519 g/mol. The summed E-state index contributed by atoms with van der Waals surface area (Å²) in [5, 5.41) is 7.77. The van der Waals surface area contributed by atoms with Crippen molar-refractivity contribution >= 4 is 34.8 Å². The van der Waals surface area contributed by atoms with Crippen LogP contribution in [0.4, 0.5) is 11.4 Å². The van der Waals surface area contributed by atoms with E-state index in [1.165, 1.54) is 6.21 Å². The molecule has 1 N–H and O–H groups in total. The minimum Gasteiger partial charge on any atom is -0.497 e. The van der Waals surface area contributed by atoms with Gasteiger partial charge in [-0.2, -0.15) is 0 Å². The van der Waals surface area contributed by atoms with E-state index in [1.807, 2.05) is 24.3 Å². The molecule has 4 rings (SSSR count). The lowest BCUT2D eigenvalue weighted by Gasteiger charge is -2.36. The molecular weight excluding hydrogens is 480 g/mol. The van der Waals surface area contributed by atoms with Gasteiger partial charge in [-0.1, -0.05) is 0 Å². The monoisotopic (exact) mass is 518 g/mol. The number of hydrogen-bond donors (Lipinski definition) is 1. The van der Waals surface area contributed by atoms with Crippen LogP contribution < -0.4 is 14.4 Å². The maximum absolute atomic E-state index is 7.77. The number of ether oxygens (including phenoxy) is 3. The quantitative estimate of drug-likeness (QED) is 0.367. The van der Waals surface area contributed by atoms with Crippen molar-refractivity contribution in [2.75, 3.05) is 52.3 Å². The Morgan fingerprint density at radius 3 is 2.42 bits per heavy atom. The number of nitrogens with one attached hydrogen (secondary N) is 1. The van der Waals surface area contributed by atoms with Crippen molar-refractivity contribution in [3.05, 3.63) is 48.3 Å². The second kappa shape index (κ2) is 12.8. The number of anilines is 2. The average Bonchev–Trinajstić information content (AvgIpc) is 2.92. The molecule has 1 aliphatic rings. The van der Waals surface area contributed by atoms with Gasteiger partial charge in [0.2, 0.25) is 0 Å². The number of rotatable bonds is 11. The van der Waals surface area contributed by atoms with Crippen molar-refractivity contribution in [3.8, 4) is 11.5 Å². The molecule has 2 heterocycles. The number of morpholine rings is 1. The predicted molar refractivity (Wildman–Crippen MR) is 153 cm³/mol. The molecule has 0 bridgehead atoms. The van der Waals surface area contributed by atoms with Crippen LogP contribution in [-0.2, 0) is 4.74 Å². The summed E-state index contributed by atoms with van der Waals surface area (Å²) >= 11 is 0. The fourth-order valence-electron chi connectivity index (χ4n) is 4.98. The summed E-state index contributed by atoms with van der Waals surface area (Å²) in [7, 11) is 5.02. The van der Waals surface area contributed by atoms with Crippen molar-refractivity contribution in [2.24, 2.45) is 4.99 Å². The van der Waals surface area contributed by atoms with Gasteiger partial charge in [0.25, 0.3) is 0 Å². The van der Waals surface area contributed by atoms with Gasteiger partial charge in [-0.25, -0.2) is 4.98 Å². The second-order valence-electron chi connectivity index (χ2n) is 9.66. The van der Waals surface area contributed by atoms with Crippen LogP contribution in [0.5, 0.6) is 11.5 Å². The number of aromatic nitrogens is 2. The first-order valence-corrected chi connectivity index (χ1v) is 13.0. The number of nitrogens with zero attached hydrogens (tertiary/aromatic N) is 5. The van der Waals surface area contributed by atoms with Crippen LogP contribution in [0.2, 0.25) is 0 Å². The molecule has 1 saturated heterocycles. The van der Waals surface area contributed by atoms with Gasteiger partial charge in [0, 0.05) is 75.2 Å². The Labute approximate surface area is 225 Å². The SMILES string of the molecule is CN=CC(C=N)c1cnc2ccc(N(CCCN3CC(C)OC(C)C3)c3cc(OC)cc(OC)c3)cc2n1. The van der Waals surface area contributed by atoms with E-state index in [0.29, 0.717) is 5.69 Å². The zero-order valence-corrected chi connectivity index (χ0v) is 22.9. The van der Waals surface area contributed by atoms with E-state index in [2.05, 4.69) is 45.8 Å². The fourth-order valence-corrected chi connectivity index (χ4v) is 4.98. The molecule has 0 saturated carbocycles. The van der Waals surface area contributed by atoms with Crippen molar-refractivity contribution < 1.29 is 14.2 Å². The molecule has 0 amide bonds. The molecule has 9 heteroatoms. The molecule has 9 nitrogen and oxygen atoms in total. The van der Waals surface area contributed by atoms with Gasteiger partial charge in [0.15, 0.2) is 0 Å². The summed E-state index contributed by atoms with van der Waals surface area (Å²) in [5.74, 6) is 1.16. The molecule has 202 valence electrons. The third-order valence-corrected chi connectivity index (χ3v) is 6.69. The normalized spacial score (nSPS) is 19.0. The minimum absolute atomic E-state index is 0.244. The highest BCUT2D eigenvalue weighted by molar-refractivity contribution is 5.89. The van der Waals surface area contributed by atoms with Crippen molar-refractivity contribution in [1.82, 2.24) is 14.9 Å². The van der Waals surface area contributed by atoms with Gasteiger partial charge in [-0.15, -0.1) is 0 Å². The Bertz CT molecular complexity index is 1230. The van der Waals surface area contributed by atoms with E-state index in [0.717, 1.165) is 66.5 Å². The van der Waals surface area contributed by atoms with Crippen molar-refractivity contribution in [1.29, 1.82) is 5.41 Å². The Morgan fingerprint density at radius 2 is 1.79 bits per heavy atom. The Kier molecular flexibility index (Phi) is 9.25. The molecule has 1 aromatic heterocycles. The summed E-state index contributed by atoms with van der Waals surface area (Å²) in [5.41, 5.74) is 4.24. The fraction of sp³-hybridized carbons (Fsp3) is 0.448. The Morgan fingerprint density at radius 1 is 1.08 bits per heavy atom. The van der Waals surface area contributed by atoms with Gasteiger partial charge >= 0.3 is 0 Å². The molecule has 1 aliphatic heterocycles. The van der Waals surface area contributed by atoms with E-state index in [9.17, 15) is 0 Å². The van der Waals surface area contributed by atoms with E-state index in [1.54, 1.807) is 33.7 Å². The second-order valence-corrected chi connectivity index (χ2v) is 9.66. The highest BCUT2D eigenvalue weighted by Crippen LogP contribution is 2.34. The first kappa shape index (κ1) is 27.5. The molecule has 3 unspecified atom stereocenters. The Balaban J connectivity index is 1.67. The van der Waals surface area contributed by atoms with Gasteiger partial charge in [-0.3, -0.25) is 14.9 Å². The van der Waals surface area contributed by atoms with Crippen LogP contribution >= 0.6 is 0 Å². The molecule has 3 atom stereocenters. The standard InChI is InChI=1S/C29H38N6O3/c1-20-18-34(19-21(2)38-20)9-6-10-35(24-11-25(36-4)14-26(12-24)37-5)23-7-8-27-28(13-23)33-29(17-32-27)22(15-30)16-31-3/h7-8,11-17,20-22,30H,6,9-10,18-19H2,1-5H3. The summed E-state index contributed by atoms with van der Waals surface area (Å²) in [6.45, 7) is 7.93. The first-order chi connectivity index (χ1) is 18.4. The van der Waals surface area contributed by atoms with E-state index in [4.69, 9.17) is 24.6 Å². The number of fused-ring (bicyclic) bond motifs is 1. The van der Waals surface area contributed by atoms with Crippen LogP contribution in [0.3, 0.4) is 0 Å².